The van der Waals surface area contributed by atoms with Crippen LogP contribution in [0.4, 0.5) is 0 Å². The molecule has 2 N–H and O–H groups in total. The third-order valence-corrected chi connectivity index (χ3v) is 2.85. The Kier molecular flexibility index (Phi) is 2.60. The first-order chi connectivity index (χ1) is 3.89. The van der Waals surface area contributed by atoms with Gasteiger partial charge in [0.2, 0.25) is 9.84 Å². The van der Waals surface area contributed by atoms with Crippen molar-refractivity contribution in [1.29, 1.82) is 0 Å². The maximum atomic E-state index is 10.5. The van der Waals surface area contributed by atoms with Gasteiger partial charge in [-0.3, -0.25) is 0 Å². The molecule has 0 aliphatic carbocycles. The SMILES string of the molecule is CC(O)S(=O)(=O)C(C)O. The van der Waals surface area contributed by atoms with Gasteiger partial charge in [0.25, 0.3) is 0 Å². The smallest absolute Gasteiger partial charge is 0.202 e. The summed E-state index contributed by atoms with van der Waals surface area (Å²) >= 11 is 0. The van der Waals surface area contributed by atoms with Crippen LogP contribution in [-0.2, 0) is 9.84 Å². The Morgan fingerprint density at radius 1 is 1.11 bits per heavy atom. The summed E-state index contributed by atoms with van der Waals surface area (Å²) in [6, 6.07) is 0. The van der Waals surface area contributed by atoms with Gasteiger partial charge in [-0.25, -0.2) is 8.42 Å². The summed E-state index contributed by atoms with van der Waals surface area (Å²) in [5.41, 5.74) is -2.98. The highest BCUT2D eigenvalue weighted by molar-refractivity contribution is 7.92. The molecule has 0 spiro atoms. The van der Waals surface area contributed by atoms with Crippen LogP contribution in [0, 0.1) is 0 Å². The molecule has 4 nitrogen and oxygen atoms in total. The number of sulfone groups is 1. The van der Waals surface area contributed by atoms with E-state index < -0.39 is 20.7 Å². The predicted molar refractivity (Wildman–Crippen MR) is 32.3 cm³/mol. The molecule has 0 fully saturated rings. The molecule has 0 bridgehead atoms. The van der Waals surface area contributed by atoms with Crippen molar-refractivity contribution in [1.82, 2.24) is 0 Å². The van der Waals surface area contributed by atoms with Crippen LogP contribution in [0.1, 0.15) is 13.8 Å². The molecule has 0 aliphatic heterocycles. The van der Waals surface area contributed by atoms with Gasteiger partial charge in [-0.1, -0.05) is 0 Å². The van der Waals surface area contributed by atoms with Gasteiger partial charge >= 0.3 is 0 Å². The molecule has 56 valence electrons. The molecular formula is C4H10O4S. The normalized spacial score (nSPS) is 19.1. The minimum atomic E-state index is -3.70. The molecule has 0 amide bonds. The summed E-state index contributed by atoms with van der Waals surface area (Å²) < 4.78 is 21.1. The molecule has 2 atom stereocenters. The Morgan fingerprint density at radius 2 is 1.33 bits per heavy atom. The summed E-state index contributed by atoms with van der Waals surface area (Å²) in [6.45, 7) is 2.20. The van der Waals surface area contributed by atoms with E-state index in [4.69, 9.17) is 10.2 Å². The third kappa shape index (κ3) is 1.92. The lowest BCUT2D eigenvalue weighted by atomic mass is 10.9. The fraction of sp³-hybridized carbons (Fsp3) is 1.00. The Morgan fingerprint density at radius 3 is 1.33 bits per heavy atom. The zero-order chi connectivity index (χ0) is 7.65. The van der Waals surface area contributed by atoms with E-state index in [1.165, 1.54) is 0 Å². The Labute approximate surface area is 54.0 Å². The average molecular weight is 154 g/mol. The second-order valence-corrected chi connectivity index (χ2v) is 4.33. The monoisotopic (exact) mass is 154 g/mol. The summed E-state index contributed by atoms with van der Waals surface area (Å²) in [5, 5.41) is 17.0. The van der Waals surface area contributed by atoms with Gasteiger partial charge in [0.05, 0.1) is 0 Å². The van der Waals surface area contributed by atoms with Gasteiger partial charge in [0, 0.05) is 0 Å². The van der Waals surface area contributed by atoms with Crippen LogP contribution in [0.25, 0.3) is 0 Å². The summed E-state index contributed by atoms with van der Waals surface area (Å²) in [5.74, 6) is 0. The molecule has 0 aromatic rings. The van der Waals surface area contributed by atoms with Crippen LogP contribution in [0.5, 0.6) is 0 Å². The van der Waals surface area contributed by atoms with Gasteiger partial charge in [-0.2, -0.15) is 0 Å². The third-order valence-electron chi connectivity index (χ3n) is 0.951. The van der Waals surface area contributed by atoms with E-state index in [0.717, 1.165) is 13.8 Å². The van der Waals surface area contributed by atoms with Crippen molar-refractivity contribution in [3.05, 3.63) is 0 Å². The first-order valence-electron chi connectivity index (χ1n) is 2.48. The Balaban J connectivity index is 4.42. The van der Waals surface area contributed by atoms with E-state index in [1.54, 1.807) is 0 Å². The topological polar surface area (TPSA) is 74.6 Å². The summed E-state index contributed by atoms with van der Waals surface area (Å²) in [4.78, 5) is 0. The lowest BCUT2D eigenvalue weighted by Crippen LogP contribution is -2.27. The van der Waals surface area contributed by atoms with E-state index in [-0.39, 0.29) is 0 Å². The molecule has 0 heterocycles. The maximum Gasteiger partial charge on any atom is 0.202 e. The van der Waals surface area contributed by atoms with Crippen LogP contribution in [0.2, 0.25) is 0 Å². The van der Waals surface area contributed by atoms with Crippen LogP contribution >= 0.6 is 0 Å². The van der Waals surface area contributed by atoms with Crippen LogP contribution in [0.15, 0.2) is 0 Å². The van der Waals surface area contributed by atoms with Gasteiger partial charge in [0.1, 0.15) is 0 Å². The average Bonchev–Trinajstić information content (AvgIpc) is 1.65. The molecule has 0 saturated heterocycles. The first kappa shape index (κ1) is 8.87. The maximum absolute atomic E-state index is 10.5. The zero-order valence-electron chi connectivity index (χ0n) is 5.27. The van der Waals surface area contributed by atoms with E-state index in [2.05, 4.69) is 0 Å². The lowest BCUT2D eigenvalue weighted by molar-refractivity contribution is 0.231. The van der Waals surface area contributed by atoms with Crippen molar-refractivity contribution in [3.8, 4) is 0 Å². The van der Waals surface area contributed by atoms with Crippen LogP contribution in [0.3, 0.4) is 0 Å². The minimum absolute atomic E-state index is 1.10. The second kappa shape index (κ2) is 2.64. The molecule has 0 saturated carbocycles. The van der Waals surface area contributed by atoms with Gasteiger partial charge in [-0.05, 0) is 13.8 Å². The largest absolute Gasteiger partial charge is 0.377 e. The Hall–Kier alpha value is -0.130. The predicted octanol–water partition coefficient (Wildman–Crippen LogP) is -0.922. The highest BCUT2D eigenvalue weighted by Crippen LogP contribution is 2.02. The van der Waals surface area contributed by atoms with Crippen molar-refractivity contribution in [2.45, 2.75) is 24.7 Å². The molecular weight excluding hydrogens is 144 g/mol. The van der Waals surface area contributed by atoms with Crippen molar-refractivity contribution in [2.75, 3.05) is 0 Å². The van der Waals surface area contributed by atoms with Crippen molar-refractivity contribution >= 4 is 9.84 Å². The molecule has 0 radical (unpaired) electrons. The van der Waals surface area contributed by atoms with Crippen LogP contribution < -0.4 is 0 Å². The van der Waals surface area contributed by atoms with Gasteiger partial charge < -0.3 is 10.2 Å². The fourth-order valence-electron chi connectivity index (χ4n) is 0.285. The second-order valence-electron chi connectivity index (χ2n) is 1.79. The molecule has 9 heavy (non-hydrogen) atoms. The van der Waals surface area contributed by atoms with Gasteiger partial charge in [-0.15, -0.1) is 0 Å². The Bertz CT molecular complexity index is 153. The molecule has 0 rings (SSSR count). The van der Waals surface area contributed by atoms with Crippen molar-refractivity contribution < 1.29 is 18.6 Å². The molecule has 0 aromatic heterocycles. The van der Waals surface area contributed by atoms with Gasteiger partial charge in [0.15, 0.2) is 10.9 Å². The number of aliphatic hydroxyl groups is 2. The summed E-state index contributed by atoms with van der Waals surface area (Å²) in [6.07, 6.45) is 0. The number of hydrogen-bond donors (Lipinski definition) is 2. The van der Waals surface area contributed by atoms with Crippen LogP contribution in [-0.4, -0.2) is 29.5 Å². The number of aliphatic hydroxyl groups excluding tert-OH is 2. The quantitative estimate of drug-likeness (QED) is 0.539. The lowest BCUT2D eigenvalue weighted by Gasteiger charge is -2.07. The highest BCUT2D eigenvalue weighted by Gasteiger charge is 2.23. The number of rotatable bonds is 2. The highest BCUT2D eigenvalue weighted by atomic mass is 32.2. The molecule has 2 unspecified atom stereocenters. The number of hydrogen-bond acceptors (Lipinski definition) is 4. The zero-order valence-corrected chi connectivity index (χ0v) is 6.09. The van der Waals surface area contributed by atoms with E-state index >= 15 is 0 Å². The van der Waals surface area contributed by atoms with E-state index in [0.29, 0.717) is 0 Å². The van der Waals surface area contributed by atoms with Crippen molar-refractivity contribution in [3.63, 3.8) is 0 Å². The fourth-order valence-corrected chi connectivity index (χ4v) is 0.855. The molecule has 5 heteroatoms. The van der Waals surface area contributed by atoms with Crippen molar-refractivity contribution in [2.24, 2.45) is 0 Å². The minimum Gasteiger partial charge on any atom is -0.377 e. The molecule has 0 aromatic carbocycles. The molecule has 0 aliphatic rings. The first-order valence-corrected chi connectivity index (χ1v) is 4.09. The van der Waals surface area contributed by atoms with E-state index in [1.807, 2.05) is 0 Å². The summed E-state index contributed by atoms with van der Waals surface area (Å²) in [7, 11) is -3.70. The standard InChI is InChI=1S/C4H10O4S/c1-3(5)9(7,8)4(2)6/h3-6H,1-2H3. The van der Waals surface area contributed by atoms with E-state index in [9.17, 15) is 8.42 Å².